The van der Waals surface area contributed by atoms with Gasteiger partial charge in [-0.05, 0) is 20.3 Å². The van der Waals surface area contributed by atoms with Crippen LogP contribution in [0.5, 0.6) is 0 Å². The van der Waals surface area contributed by atoms with Crippen molar-refractivity contribution in [3.05, 3.63) is 16.1 Å². The van der Waals surface area contributed by atoms with E-state index in [0.717, 1.165) is 10.7 Å². The zero-order valence-corrected chi connectivity index (χ0v) is 11.3. The number of hydrogen-bond acceptors (Lipinski definition) is 4. The van der Waals surface area contributed by atoms with Crippen molar-refractivity contribution in [1.82, 2.24) is 15.6 Å². The van der Waals surface area contributed by atoms with E-state index < -0.39 is 0 Å². The average molecular weight is 267 g/mol. The van der Waals surface area contributed by atoms with Crippen LogP contribution in [-0.4, -0.2) is 23.3 Å². The van der Waals surface area contributed by atoms with E-state index >= 15 is 0 Å². The van der Waals surface area contributed by atoms with Crippen molar-refractivity contribution in [1.29, 1.82) is 0 Å². The monoisotopic (exact) mass is 267 g/mol. The molecule has 1 aliphatic rings. The van der Waals surface area contributed by atoms with E-state index in [2.05, 4.69) is 15.6 Å². The minimum Gasteiger partial charge on any atom is -0.355 e. The molecule has 2 rings (SSSR count). The minimum atomic E-state index is -0.119. The summed E-state index contributed by atoms with van der Waals surface area (Å²) < 4.78 is 0. The number of aryl methyl sites for hydroxylation is 1. The fourth-order valence-corrected chi connectivity index (χ4v) is 2.72. The Kier molecular flexibility index (Phi) is 3.96. The summed E-state index contributed by atoms with van der Waals surface area (Å²) in [5.74, 6) is -0.0933. The Bertz CT molecular complexity index is 448. The molecule has 2 N–H and O–H groups in total. The van der Waals surface area contributed by atoms with Crippen molar-refractivity contribution in [3.8, 4) is 0 Å². The van der Waals surface area contributed by atoms with Gasteiger partial charge in [-0.15, -0.1) is 11.3 Å². The number of aromatic nitrogens is 1. The second-order valence-corrected chi connectivity index (χ2v) is 5.49. The predicted octanol–water partition coefficient (Wildman–Crippen LogP) is 1.15. The molecular formula is C12H17N3O2S. The van der Waals surface area contributed by atoms with E-state index in [4.69, 9.17) is 0 Å². The quantitative estimate of drug-likeness (QED) is 0.863. The Morgan fingerprint density at radius 2 is 2.44 bits per heavy atom. The fraction of sp³-hybridized carbons (Fsp3) is 0.583. The summed E-state index contributed by atoms with van der Waals surface area (Å²) in [6, 6.07) is -0.0752. The summed E-state index contributed by atoms with van der Waals surface area (Å²) in [6.07, 6.45) is 1.06. The minimum absolute atomic E-state index is 0.00430. The molecular weight excluding hydrogens is 250 g/mol. The Balaban J connectivity index is 1.89. The number of hydrogen-bond donors (Lipinski definition) is 2. The highest BCUT2D eigenvalue weighted by Gasteiger charge is 2.25. The first-order valence-corrected chi connectivity index (χ1v) is 6.93. The second kappa shape index (κ2) is 5.48. The topological polar surface area (TPSA) is 71.1 Å². The summed E-state index contributed by atoms with van der Waals surface area (Å²) in [5.41, 5.74) is 0.973. The highest BCUT2D eigenvalue weighted by atomic mass is 32.1. The first-order chi connectivity index (χ1) is 8.56. The van der Waals surface area contributed by atoms with Gasteiger partial charge < -0.3 is 10.6 Å². The van der Waals surface area contributed by atoms with Gasteiger partial charge >= 0.3 is 0 Å². The molecule has 5 nitrogen and oxygen atoms in total. The van der Waals surface area contributed by atoms with Crippen LogP contribution in [-0.2, 0) is 9.59 Å². The average Bonchev–Trinajstić information content (AvgIpc) is 2.76. The molecule has 2 amide bonds. The molecule has 0 aromatic carbocycles. The standard InChI is InChI=1S/C12H17N3O2S/c1-7-6-18-12(14-7)8(2)15-11(17)9-3-4-10(16)13-5-9/h6,8-9H,3-5H2,1-2H3,(H,13,16)(H,15,17). The highest BCUT2D eigenvalue weighted by molar-refractivity contribution is 7.09. The maximum atomic E-state index is 12.0. The largest absolute Gasteiger partial charge is 0.355 e. The molecule has 1 aromatic rings. The van der Waals surface area contributed by atoms with Crippen molar-refractivity contribution in [2.45, 2.75) is 32.7 Å². The number of carbonyl (C=O) groups excluding carboxylic acids is 2. The molecule has 2 atom stereocenters. The lowest BCUT2D eigenvalue weighted by Crippen LogP contribution is -2.43. The Labute approximate surface area is 110 Å². The van der Waals surface area contributed by atoms with Gasteiger partial charge in [0.1, 0.15) is 5.01 Å². The molecule has 2 heterocycles. The van der Waals surface area contributed by atoms with Crippen LogP contribution in [0, 0.1) is 12.8 Å². The van der Waals surface area contributed by atoms with Gasteiger partial charge in [-0.1, -0.05) is 0 Å². The van der Waals surface area contributed by atoms with Crippen molar-refractivity contribution >= 4 is 23.2 Å². The van der Waals surface area contributed by atoms with E-state index in [1.165, 1.54) is 0 Å². The van der Waals surface area contributed by atoms with Gasteiger partial charge in [0.2, 0.25) is 11.8 Å². The Morgan fingerprint density at radius 1 is 1.67 bits per heavy atom. The lowest BCUT2D eigenvalue weighted by molar-refractivity contribution is -0.129. The Morgan fingerprint density at radius 3 is 3.00 bits per heavy atom. The van der Waals surface area contributed by atoms with Crippen LogP contribution in [0.25, 0.3) is 0 Å². The first kappa shape index (κ1) is 13.0. The maximum Gasteiger partial charge on any atom is 0.225 e. The van der Waals surface area contributed by atoms with E-state index in [1.807, 2.05) is 19.2 Å². The van der Waals surface area contributed by atoms with Crippen molar-refractivity contribution in [2.24, 2.45) is 5.92 Å². The maximum absolute atomic E-state index is 12.0. The molecule has 0 aliphatic carbocycles. The molecule has 18 heavy (non-hydrogen) atoms. The molecule has 98 valence electrons. The summed E-state index contributed by atoms with van der Waals surface area (Å²) in [5, 5.41) is 8.56. The molecule has 0 spiro atoms. The van der Waals surface area contributed by atoms with Crippen molar-refractivity contribution in [2.75, 3.05) is 6.54 Å². The smallest absolute Gasteiger partial charge is 0.225 e. The molecule has 0 saturated carbocycles. The Hall–Kier alpha value is -1.43. The van der Waals surface area contributed by atoms with Crippen LogP contribution >= 0.6 is 11.3 Å². The lowest BCUT2D eigenvalue weighted by atomic mass is 9.98. The highest BCUT2D eigenvalue weighted by Crippen LogP contribution is 2.19. The first-order valence-electron chi connectivity index (χ1n) is 6.05. The van der Waals surface area contributed by atoms with Crippen LogP contribution < -0.4 is 10.6 Å². The molecule has 2 unspecified atom stereocenters. The van der Waals surface area contributed by atoms with Crippen molar-refractivity contribution < 1.29 is 9.59 Å². The SMILES string of the molecule is Cc1csc(C(C)NC(=O)C2CCC(=O)NC2)n1. The van der Waals surface area contributed by atoms with Gasteiger partial charge in [0.15, 0.2) is 0 Å². The number of nitrogens with zero attached hydrogens (tertiary/aromatic N) is 1. The number of carbonyl (C=O) groups is 2. The van der Waals surface area contributed by atoms with Gasteiger partial charge in [0, 0.05) is 24.0 Å². The summed E-state index contributed by atoms with van der Waals surface area (Å²) in [7, 11) is 0. The summed E-state index contributed by atoms with van der Waals surface area (Å²) in [6.45, 7) is 4.30. The van der Waals surface area contributed by atoms with Gasteiger partial charge in [-0.3, -0.25) is 9.59 Å². The van der Waals surface area contributed by atoms with Crippen molar-refractivity contribution in [3.63, 3.8) is 0 Å². The molecule has 1 saturated heterocycles. The fourth-order valence-electron chi connectivity index (χ4n) is 1.92. The van der Waals surface area contributed by atoms with E-state index in [-0.39, 0.29) is 23.8 Å². The third-order valence-corrected chi connectivity index (χ3v) is 4.15. The number of thiazole rings is 1. The lowest BCUT2D eigenvalue weighted by Gasteiger charge is -2.23. The van der Waals surface area contributed by atoms with Crippen LogP contribution in [0.3, 0.4) is 0 Å². The molecule has 0 radical (unpaired) electrons. The van der Waals surface area contributed by atoms with Gasteiger partial charge in [0.05, 0.1) is 12.0 Å². The number of amides is 2. The third-order valence-electron chi connectivity index (χ3n) is 3.00. The normalized spacial score (nSPS) is 21.2. The zero-order chi connectivity index (χ0) is 13.1. The second-order valence-electron chi connectivity index (χ2n) is 4.60. The van der Waals surface area contributed by atoms with Crippen LogP contribution in [0.1, 0.15) is 36.5 Å². The van der Waals surface area contributed by atoms with E-state index in [0.29, 0.717) is 19.4 Å². The van der Waals surface area contributed by atoms with E-state index in [9.17, 15) is 9.59 Å². The molecule has 0 bridgehead atoms. The number of piperidine rings is 1. The summed E-state index contributed by atoms with van der Waals surface area (Å²) >= 11 is 1.55. The van der Waals surface area contributed by atoms with Crippen LogP contribution in [0.15, 0.2) is 5.38 Å². The van der Waals surface area contributed by atoms with Gasteiger partial charge in [0.25, 0.3) is 0 Å². The number of rotatable bonds is 3. The van der Waals surface area contributed by atoms with Gasteiger partial charge in [-0.25, -0.2) is 4.98 Å². The summed E-state index contributed by atoms with van der Waals surface area (Å²) in [4.78, 5) is 27.4. The third kappa shape index (κ3) is 3.07. The van der Waals surface area contributed by atoms with Crippen LogP contribution in [0.4, 0.5) is 0 Å². The molecule has 1 fully saturated rings. The van der Waals surface area contributed by atoms with Gasteiger partial charge in [-0.2, -0.15) is 0 Å². The molecule has 1 aromatic heterocycles. The van der Waals surface area contributed by atoms with Crippen LogP contribution in [0.2, 0.25) is 0 Å². The van der Waals surface area contributed by atoms with E-state index in [1.54, 1.807) is 11.3 Å². The zero-order valence-electron chi connectivity index (χ0n) is 10.5. The molecule has 1 aliphatic heterocycles. The predicted molar refractivity (Wildman–Crippen MR) is 69.1 cm³/mol. The molecule has 6 heteroatoms. The number of nitrogens with one attached hydrogen (secondary N) is 2.